The summed E-state index contributed by atoms with van der Waals surface area (Å²) in [4.78, 5) is 23.4. The number of hydrogen-bond donors (Lipinski definition) is 3. The Bertz CT molecular complexity index is 1380. The van der Waals surface area contributed by atoms with Gasteiger partial charge >= 0.3 is 7.82 Å². The van der Waals surface area contributed by atoms with Crippen molar-refractivity contribution in [3.8, 4) is 0 Å². The van der Waals surface area contributed by atoms with Gasteiger partial charge in [-0.05, 0) is 44.9 Å². The van der Waals surface area contributed by atoms with Crippen molar-refractivity contribution in [1.29, 1.82) is 0 Å². The van der Waals surface area contributed by atoms with Crippen LogP contribution in [0.15, 0.2) is 36.5 Å². The largest absolute Gasteiger partial charge is 0.472 e. The van der Waals surface area contributed by atoms with E-state index >= 15 is 0 Å². The molecule has 79 heavy (non-hydrogen) atoms. The molecule has 1 amide bonds. The summed E-state index contributed by atoms with van der Waals surface area (Å²) < 4.78 is 23.8. The number of carbonyl (C=O) groups excluding carboxylic acids is 1. The van der Waals surface area contributed by atoms with Crippen LogP contribution in [-0.2, 0) is 18.4 Å². The van der Waals surface area contributed by atoms with Gasteiger partial charge in [0.15, 0.2) is 0 Å². The van der Waals surface area contributed by atoms with Crippen LogP contribution in [0.25, 0.3) is 0 Å². The summed E-state index contributed by atoms with van der Waals surface area (Å²) in [6.07, 6.45) is 81.6. The van der Waals surface area contributed by atoms with Gasteiger partial charge in [0, 0.05) is 6.42 Å². The number of nitrogens with one attached hydrogen (secondary N) is 1. The maximum atomic E-state index is 13.0. The summed E-state index contributed by atoms with van der Waals surface area (Å²) in [6, 6.07) is -0.869. The van der Waals surface area contributed by atoms with Gasteiger partial charge < -0.3 is 19.8 Å². The van der Waals surface area contributed by atoms with E-state index in [-0.39, 0.29) is 19.1 Å². The highest BCUT2D eigenvalue weighted by Gasteiger charge is 2.28. The number of phosphoric acid groups is 1. The van der Waals surface area contributed by atoms with Gasteiger partial charge in [0.2, 0.25) is 5.91 Å². The fourth-order valence-corrected chi connectivity index (χ4v) is 11.4. The summed E-state index contributed by atoms with van der Waals surface area (Å²) in [5, 5.41) is 14.0. The van der Waals surface area contributed by atoms with Crippen LogP contribution in [0.5, 0.6) is 0 Å². The van der Waals surface area contributed by atoms with Gasteiger partial charge in [-0.2, -0.15) is 0 Å². The Balaban J connectivity index is 4.08. The number of carbonyl (C=O) groups is 1. The van der Waals surface area contributed by atoms with Gasteiger partial charge in [-0.15, -0.1) is 0 Å². The van der Waals surface area contributed by atoms with E-state index in [4.69, 9.17) is 9.05 Å². The van der Waals surface area contributed by atoms with Crippen LogP contribution < -0.4 is 5.32 Å². The van der Waals surface area contributed by atoms with Crippen molar-refractivity contribution in [1.82, 2.24) is 5.32 Å². The molecule has 0 heterocycles. The number of hydrogen-bond acceptors (Lipinski definition) is 5. The van der Waals surface area contributed by atoms with Crippen molar-refractivity contribution in [3.63, 3.8) is 0 Å². The number of aliphatic hydroxyl groups excluding tert-OH is 1. The third-order valence-electron chi connectivity index (χ3n) is 16.1. The molecule has 0 spiro atoms. The second kappa shape index (κ2) is 61.3. The van der Waals surface area contributed by atoms with Gasteiger partial charge in [-0.3, -0.25) is 13.8 Å². The smallest absolute Gasteiger partial charge is 0.387 e. The van der Waals surface area contributed by atoms with Gasteiger partial charge in [0.05, 0.1) is 39.9 Å². The third-order valence-corrected chi connectivity index (χ3v) is 17.1. The minimum Gasteiger partial charge on any atom is -0.387 e. The molecule has 3 unspecified atom stereocenters. The van der Waals surface area contributed by atoms with Crippen LogP contribution in [0.2, 0.25) is 0 Å². The van der Waals surface area contributed by atoms with Crippen LogP contribution in [0.4, 0.5) is 0 Å². The molecule has 3 atom stereocenters. The van der Waals surface area contributed by atoms with E-state index in [1.54, 1.807) is 6.08 Å². The molecule has 0 saturated heterocycles. The Morgan fingerprint density at radius 2 is 0.696 bits per heavy atom. The normalized spacial score (nSPS) is 13.9. The van der Waals surface area contributed by atoms with Gasteiger partial charge in [0.1, 0.15) is 13.2 Å². The lowest BCUT2D eigenvalue weighted by Gasteiger charge is -2.25. The summed E-state index contributed by atoms with van der Waals surface area (Å²) in [5.74, 6) is -0.183. The maximum absolute atomic E-state index is 13.0. The zero-order valence-electron chi connectivity index (χ0n) is 53.6. The van der Waals surface area contributed by atoms with Crippen LogP contribution >= 0.6 is 7.82 Å². The molecule has 0 bridgehead atoms. The SMILES string of the molecule is CCCCCCCCCCCCCCCCC/C=C/CC/C=C/CC/C=C/C(O)C(COP(=O)(O)OCC[N+](C)(C)C)NC(=O)CCCCCCCCCCCCCCCCCCCCCCCCCCCCCCCCCC. The number of rotatable bonds is 65. The molecule has 0 aromatic rings. The lowest BCUT2D eigenvalue weighted by Crippen LogP contribution is -2.45. The summed E-state index contributed by atoms with van der Waals surface area (Å²) >= 11 is 0. The highest BCUT2D eigenvalue weighted by Crippen LogP contribution is 2.43. The van der Waals surface area contributed by atoms with Crippen LogP contribution in [0.1, 0.15) is 354 Å². The van der Waals surface area contributed by atoms with Crippen molar-refractivity contribution in [2.24, 2.45) is 0 Å². The van der Waals surface area contributed by atoms with Crippen molar-refractivity contribution in [2.75, 3.05) is 40.9 Å². The monoisotopic (exact) mass is 1130 g/mol. The second-order valence-corrected chi connectivity index (χ2v) is 26.7. The Labute approximate surface area is 493 Å². The van der Waals surface area contributed by atoms with Crippen molar-refractivity contribution in [2.45, 2.75) is 366 Å². The fraction of sp³-hybridized carbons (Fsp3) is 0.900. The minimum atomic E-state index is -4.36. The standard InChI is InChI=1S/C70H137N2O6P/c1-6-8-10-12-14-16-18-20-22-24-26-28-30-32-33-34-35-36-37-38-40-42-44-46-48-50-52-54-56-58-60-62-64-70(74)71-68(67-78-79(75,76)77-66-65-72(3,4)5)69(73)63-61-59-57-55-53-51-49-47-45-43-41-39-31-29-27-25-23-21-19-17-15-13-11-9-7-2/h45,47,53,55,61,63,68-69,73H,6-44,46,48-52,54,56-60,62,64-67H2,1-5H3,(H-,71,74,75,76)/p+1/b47-45+,55-53+,63-61+. The first-order chi connectivity index (χ1) is 38.5. The van der Waals surface area contributed by atoms with E-state index in [1.807, 2.05) is 27.2 Å². The molecule has 0 aliphatic carbocycles. The Hall–Kier alpha value is -1.28. The summed E-state index contributed by atoms with van der Waals surface area (Å²) in [5.41, 5.74) is 0. The number of phosphoric ester groups is 1. The Morgan fingerprint density at radius 3 is 1.01 bits per heavy atom. The number of amides is 1. The van der Waals surface area contributed by atoms with E-state index < -0.39 is 20.0 Å². The molecule has 0 aliphatic rings. The molecule has 0 radical (unpaired) electrons. The number of unbranched alkanes of at least 4 members (excludes halogenated alkanes) is 48. The molecular weight excluding hydrogens is 996 g/mol. The highest BCUT2D eigenvalue weighted by atomic mass is 31.2. The molecule has 0 rings (SSSR count). The molecule has 0 saturated carbocycles. The quantitative estimate of drug-likeness (QED) is 0.0243. The third kappa shape index (κ3) is 64.1. The topological polar surface area (TPSA) is 105 Å². The highest BCUT2D eigenvalue weighted by molar-refractivity contribution is 7.47. The minimum absolute atomic E-state index is 0.0554. The molecule has 3 N–H and O–H groups in total. The number of likely N-dealkylation sites (N-methyl/N-ethyl adjacent to an activating group) is 1. The van der Waals surface area contributed by atoms with E-state index in [0.29, 0.717) is 17.4 Å². The predicted octanol–water partition coefficient (Wildman–Crippen LogP) is 22.1. The van der Waals surface area contributed by atoms with Gasteiger partial charge in [-0.25, -0.2) is 4.57 Å². The zero-order valence-corrected chi connectivity index (χ0v) is 54.5. The number of quaternary nitrogens is 1. The van der Waals surface area contributed by atoms with E-state index in [2.05, 4.69) is 43.5 Å². The zero-order chi connectivity index (χ0) is 57.7. The second-order valence-electron chi connectivity index (χ2n) is 25.3. The first-order valence-electron chi connectivity index (χ1n) is 34.9. The molecule has 0 aromatic heterocycles. The number of allylic oxidation sites excluding steroid dienone is 5. The molecule has 0 aliphatic heterocycles. The summed E-state index contributed by atoms with van der Waals surface area (Å²) in [6.45, 7) is 4.85. The van der Waals surface area contributed by atoms with E-state index in [9.17, 15) is 19.4 Å². The predicted molar refractivity (Wildman–Crippen MR) is 346 cm³/mol. The fourth-order valence-electron chi connectivity index (χ4n) is 10.7. The molecule has 0 aromatic carbocycles. The summed E-state index contributed by atoms with van der Waals surface area (Å²) in [7, 11) is 1.56. The molecular formula is C70H138N2O6P+. The van der Waals surface area contributed by atoms with E-state index in [0.717, 1.165) is 44.9 Å². The van der Waals surface area contributed by atoms with E-state index in [1.165, 1.54) is 289 Å². The van der Waals surface area contributed by atoms with Crippen LogP contribution in [0.3, 0.4) is 0 Å². The molecule has 9 heteroatoms. The average Bonchev–Trinajstić information content (AvgIpc) is 3.42. The average molecular weight is 1130 g/mol. The number of nitrogens with zero attached hydrogens (tertiary/aromatic N) is 1. The van der Waals surface area contributed by atoms with Crippen LogP contribution in [0, 0.1) is 0 Å². The lowest BCUT2D eigenvalue weighted by molar-refractivity contribution is -0.870. The maximum Gasteiger partial charge on any atom is 0.472 e. The van der Waals surface area contributed by atoms with Gasteiger partial charge in [0.25, 0.3) is 0 Å². The van der Waals surface area contributed by atoms with Crippen LogP contribution in [-0.4, -0.2) is 73.4 Å². The van der Waals surface area contributed by atoms with Gasteiger partial charge in [-0.1, -0.05) is 339 Å². The molecule has 8 nitrogen and oxygen atoms in total. The Kier molecular flexibility index (Phi) is 60.3. The molecule has 468 valence electrons. The lowest BCUT2D eigenvalue weighted by atomic mass is 10.0. The molecule has 0 fully saturated rings. The first kappa shape index (κ1) is 77.7. The Morgan fingerprint density at radius 1 is 0.418 bits per heavy atom. The van der Waals surface area contributed by atoms with Crippen molar-refractivity contribution >= 4 is 13.7 Å². The number of aliphatic hydroxyl groups is 1. The van der Waals surface area contributed by atoms with Crippen molar-refractivity contribution < 1.29 is 32.9 Å². The first-order valence-corrected chi connectivity index (χ1v) is 36.4. The van der Waals surface area contributed by atoms with Crippen molar-refractivity contribution in [3.05, 3.63) is 36.5 Å².